The number of aromatic nitrogens is 2. The number of ether oxygens (including phenoxy) is 1. The van der Waals surface area contributed by atoms with Gasteiger partial charge in [-0.2, -0.15) is 0 Å². The molecule has 0 radical (unpaired) electrons. The van der Waals surface area contributed by atoms with E-state index in [1.807, 2.05) is 19.1 Å². The van der Waals surface area contributed by atoms with E-state index in [4.69, 9.17) is 15.9 Å². The van der Waals surface area contributed by atoms with Crippen molar-refractivity contribution in [1.29, 1.82) is 5.41 Å². The van der Waals surface area contributed by atoms with Gasteiger partial charge < -0.3 is 10.5 Å². The first-order valence-corrected chi connectivity index (χ1v) is 6.93. The summed E-state index contributed by atoms with van der Waals surface area (Å²) in [6, 6.07) is 7.22. The molecule has 5 heteroatoms. The third-order valence-electron chi connectivity index (χ3n) is 3.67. The molecule has 21 heavy (non-hydrogen) atoms. The Bertz CT molecular complexity index is 707. The summed E-state index contributed by atoms with van der Waals surface area (Å²) in [6.07, 6.45) is 3.59. The van der Waals surface area contributed by atoms with E-state index < -0.39 is 0 Å². The van der Waals surface area contributed by atoms with Crippen LogP contribution in [0.2, 0.25) is 0 Å². The van der Waals surface area contributed by atoms with Crippen molar-refractivity contribution in [3.63, 3.8) is 0 Å². The Morgan fingerprint density at radius 1 is 1.29 bits per heavy atom. The van der Waals surface area contributed by atoms with Gasteiger partial charge in [0.05, 0.1) is 11.4 Å². The highest BCUT2D eigenvalue weighted by atomic mass is 16.5. The lowest BCUT2D eigenvalue weighted by molar-refractivity contribution is 0.200. The predicted molar refractivity (Wildman–Crippen MR) is 81.8 cm³/mol. The third-order valence-corrected chi connectivity index (χ3v) is 3.67. The van der Waals surface area contributed by atoms with E-state index in [1.54, 1.807) is 12.1 Å². The molecule has 5 nitrogen and oxygen atoms in total. The molecule has 1 aliphatic rings. The third kappa shape index (κ3) is 2.86. The zero-order valence-electron chi connectivity index (χ0n) is 12.2. The van der Waals surface area contributed by atoms with E-state index in [0.717, 1.165) is 24.3 Å². The van der Waals surface area contributed by atoms with Gasteiger partial charge in [-0.1, -0.05) is 0 Å². The Hall–Kier alpha value is -2.43. The minimum Gasteiger partial charge on any atom is -0.488 e. The van der Waals surface area contributed by atoms with Crippen molar-refractivity contribution in [2.45, 2.75) is 32.3 Å². The normalized spacial score (nSPS) is 15.5. The summed E-state index contributed by atoms with van der Waals surface area (Å²) in [7, 11) is 0. The number of anilines is 1. The maximum absolute atomic E-state index is 8.33. The lowest BCUT2D eigenvalue weighted by Crippen LogP contribution is -2.13. The highest BCUT2D eigenvalue weighted by molar-refractivity contribution is 6.12. The van der Waals surface area contributed by atoms with Gasteiger partial charge in [0, 0.05) is 16.9 Å². The van der Waals surface area contributed by atoms with Gasteiger partial charge in [0.1, 0.15) is 17.7 Å². The minimum atomic E-state index is -0.0545. The van der Waals surface area contributed by atoms with E-state index in [0.29, 0.717) is 16.9 Å². The Labute approximate surface area is 123 Å². The molecule has 1 aromatic carbocycles. The molecule has 1 saturated carbocycles. The summed E-state index contributed by atoms with van der Waals surface area (Å²) in [4.78, 5) is 8.19. The number of rotatable bonds is 4. The molecule has 1 fully saturated rings. The molecule has 0 aliphatic heterocycles. The molecule has 1 heterocycles. The highest BCUT2D eigenvalue weighted by Crippen LogP contribution is 2.40. The van der Waals surface area contributed by atoms with Crippen LogP contribution in [-0.2, 0) is 0 Å². The SMILES string of the molecule is Cc1cc(C(=N)c2cc(OC3(C)CC3)ccc2N)ncn1. The number of hydrogen-bond acceptors (Lipinski definition) is 5. The van der Waals surface area contributed by atoms with Gasteiger partial charge in [-0.15, -0.1) is 0 Å². The van der Waals surface area contributed by atoms with Gasteiger partial charge in [-0.25, -0.2) is 9.97 Å². The van der Waals surface area contributed by atoms with Crippen molar-refractivity contribution in [3.05, 3.63) is 47.5 Å². The molecule has 108 valence electrons. The number of hydrogen-bond donors (Lipinski definition) is 2. The summed E-state index contributed by atoms with van der Waals surface area (Å²) in [5, 5.41) is 8.33. The lowest BCUT2D eigenvalue weighted by Gasteiger charge is -2.15. The Morgan fingerprint density at radius 2 is 2.05 bits per heavy atom. The van der Waals surface area contributed by atoms with Crippen LogP contribution in [0.4, 0.5) is 5.69 Å². The van der Waals surface area contributed by atoms with Crippen molar-refractivity contribution < 1.29 is 4.74 Å². The number of nitrogens with one attached hydrogen (secondary N) is 1. The van der Waals surface area contributed by atoms with Crippen LogP contribution in [0.25, 0.3) is 0 Å². The number of benzene rings is 1. The molecule has 0 saturated heterocycles. The average Bonchev–Trinajstić information content (AvgIpc) is 3.18. The van der Waals surface area contributed by atoms with E-state index >= 15 is 0 Å². The summed E-state index contributed by atoms with van der Waals surface area (Å²) in [5.41, 5.74) is 8.79. The quantitative estimate of drug-likeness (QED) is 0.667. The highest BCUT2D eigenvalue weighted by Gasteiger charge is 2.40. The van der Waals surface area contributed by atoms with Crippen LogP contribution < -0.4 is 10.5 Å². The van der Waals surface area contributed by atoms with Gasteiger partial charge >= 0.3 is 0 Å². The number of nitrogens with zero attached hydrogens (tertiary/aromatic N) is 2. The van der Waals surface area contributed by atoms with Crippen LogP contribution in [0.3, 0.4) is 0 Å². The smallest absolute Gasteiger partial charge is 0.120 e. The zero-order valence-corrected chi connectivity index (χ0v) is 12.2. The molecular formula is C16H18N4O. The molecule has 0 unspecified atom stereocenters. The molecule has 0 atom stereocenters. The summed E-state index contributed by atoms with van der Waals surface area (Å²) in [6.45, 7) is 3.96. The van der Waals surface area contributed by atoms with Crippen molar-refractivity contribution >= 4 is 11.4 Å². The first-order valence-electron chi connectivity index (χ1n) is 6.93. The molecule has 0 spiro atoms. The fraction of sp³-hybridized carbons (Fsp3) is 0.312. The summed E-state index contributed by atoms with van der Waals surface area (Å²) < 4.78 is 5.93. The van der Waals surface area contributed by atoms with Gasteiger partial charge in [0.2, 0.25) is 0 Å². The first-order chi connectivity index (χ1) is 9.97. The van der Waals surface area contributed by atoms with Crippen molar-refractivity contribution in [2.75, 3.05) is 5.73 Å². The fourth-order valence-electron chi connectivity index (χ4n) is 2.11. The molecule has 0 amide bonds. The second kappa shape index (κ2) is 4.84. The molecule has 2 aromatic rings. The van der Waals surface area contributed by atoms with Crippen LogP contribution in [0, 0.1) is 12.3 Å². The monoisotopic (exact) mass is 282 g/mol. The maximum atomic E-state index is 8.33. The van der Waals surface area contributed by atoms with Crippen molar-refractivity contribution in [1.82, 2.24) is 9.97 Å². The van der Waals surface area contributed by atoms with Crippen LogP contribution >= 0.6 is 0 Å². The van der Waals surface area contributed by atoms with Gasteiger partial charge in [0.25, 0.3) is 0 Å². The largest absolute Gasteiger partial charge is 0.488 e. The molecule has 1 aliphatic carbocycles. The van der Waals surface area contributed by atoms with E-state index in [2.05, 4.69) is 16.9 Å². The topological polar surface area (TPSA) is 84.9 Å². The Kier molecular flexibility index (Phi) is 3.12. The fourth-order valence-corrected chi connectivity index (χ4v) is 2.11. The molecule has 0 bridgehead atoms. The zero-order chi connectivity index (χ0) is 15.0. The van der Waals surface area contributed by atoms with Crippen molar-refractivity contribution in [3.8, 4) is 5.75 Å². The maximum Gasteiger partial charge on any atom is 0.120 e. The summed E-state index contributed by atoms with van der Waals surface area (Å²) >= 11 is 0. The van der Waals surface area contributed by atoms with Crippen LogP contribution in [0.1, 0.15) is 36.7 Å². The van der Waals surface area contributed by atoms with Gasteiger partial charge in [-0.3, -0.25) is 5.41 Å². The van der Waals surface area contributed by atoms with Crippen LogP contribution in [-0.4, -0.2) is 21.3 Å². The standard InChI is InChI=1S/C16H18N4O/c1-10-7-14(20-9-19-10)15(18)12-8-11(3-4-13(12)17)21-16(2)5-6-16/h3-4,7-9,18H,5-6,17H2,1-2H3. The van der Waals surface area contributed by atoms with Gasteiger partial charge in [0.15, 0.2) is 0 Å². The molecule has 3 rings (SSSR count). The van der Waals surface area contributed by atoms with E-state index in [1.165, 1.54) is 6.33 Å². The lowest BCUT2D eigenvalue weighted by atomic mass is 10.0. The average molecular weight is 282 g/mol. The van der Waals surface area contributed by atoms with Crippen molar-refractivity contribution in [2.24, 2.45) is 0 Å². The second-order valence-corrected chi connectivity index (χ2v) is 5.72. The predicted octanol–water partition coefficient (Wildman–Crippen LogP) is 2.71. The van der Waals surface area contributed by atoms with Crippen LogP contribution in [0.5, 0.6) is 5.75 Å². The van der Waals surface area contributed by atoms with E-state index in [9.17, 15) is 0 Å². The first kappa shape index (κ1) is 13.5. The Balaban J connectivity index is 1.93. The minimum absolute atomic E-state index is 0.0545. The number of nitrogens with two attached hydrogens (primary N) is 1. The number of nitrogen functional groups attached to an aromatic ring is 1. The van der Waals surface area contributed by atoms with Crippen LogP contribution in [0.15, 0.2) is 30.6 Å². The molecular weight excluding hydrogens is 264 g/mol. The van der Waals surface area contributed by atoms with Gasteiger partial charge in [-0.05, 0) is 51.0 Å². The number of aryl methyl sites for hydroxylation is 1. The second-order valence-electron chi connectivity index (χ2n) is 5.72. The summed E-state index contributed by atoms with van der Waals surface area (Å²) in [5.74, 6) is 0.745. The van der Waals surface area contributed by atoms with E-state index in [-0.39, 0.29) is 11.3 Å². The Morgan fingerprint density at radius 3 is 2.71 bits per heavy atom. The molecule has 1 aromatic heterocycles. The molecule has 3 N–H and O–H groups in total.